The fraction of sp³-hybridized carbons (Fsp3) is 0.261. The molecule has 1 aliphatic carbocycles. The number of aromatic nitrogens is 1. The molecule has 1 heterocycles. The van der Waals surface area contributed by atoms with Gasteiger partial charge in [0.15, 0.2) is 11.5 Å². The Morgan fingerprint density at radius 3 is 2.47 bits per heavy atom. The summed E-state index contributed by atoms with van der Waals surface area (Å²) in [6.07, 6.45) is 1.95. The highest BCUT2D eigenvalue weighted by Crippen LogP contribution is 2.45. The largest absolute Gasteiger partial charge is 0.493 e. The number of fused-ring (bicyclic) bond motifs is 1. The third-order valence-corrected chi connectivity index (χ3v) is 5.49. The van der Waals surface area contributed by atoms with Gasteiger partial charge in [-0.25, -0.2) is 4.98 Å². The zero-order valence-electron chi connectivity index (χ0n) is 17.4. The molecule has 3 rings (SSSR count). The summed E-state index contributed by atoms with van der Waals surface area (Å²) in [5.74, 6) is 1.36. The van der Waals surface area contributed by atoms with Crippen LogP contribution in [-0.2, 0) is 0 Å². The molecule has 0 atom stereocenters. The number of rotatable bonds is 4. The van der Waals surface area contributed by atoms with Crippen LogP contribution in [0, 0.1) is 29.6 Å². The lowest BCUT2D eigenvalue weighted by Crippen LogP contribution is -2.07. The number of allylic oxidation sites excluding steroid dienone is 3. The number of methoxy groups -OCH3 is 1. The molecule has 0 saturated carbocycles. The minimum absolute atomic E-state index is 0.00642. The van der Waals surface area contributed by atoms with Gasteiger partial charge in [0.1, 0.15) is 18.0 Å². The van der Waals surface area contributed by atoms with Crippen LogP contribution in [0.3, 0.4) is 0 Å². The number of ether oxygens (including phenoxy) is 2. The number of pyridine rings is 1. The second-order valence-electron chi connectivity index (χ2n) is 7.20. The summed E-state index contributed by atoms with van der Waals surface area (Å²) in [5, 5.41) is 19.2. The van der Waals surface area contributed by atoms with Crippen molar-refractivity contribution < 1.29 is 9.47 Å². The number of halogens is 1. The summed E-state index contributed by atoms with van der Waals surface area (Å²) >= 11 is 3.57. The maximum Gasteiger partial charge on any atom is 0.175 e. The Morgan fingerprint density at radius 1 is 1.20 bits per heavy atom. The summed E-state index contributed by atoms with van der Waals surface area (Å²) in [7, 11) is 1.59. The molecule has 1 aromatic heterocycles. The predicted octanol–water partition coefficient (Wildman–Crippen LogP) is 5.25. The van der Waals surface area contributed by atoms with Crippen LogP contribution < -0.4 is 15.2 Å². The van der Waals surface area contributed by atoms with Crippen LogP contribution in [0.4, 0.5) is 5.82 Å². The van der Waals surface area contributed by atoms with Gasteiger partial charge in [-0.15, -0.1) is 0 Å². The second kappa shape index (κ2) is 8.22. The molecule has 0 radical (unpaired) electrons. The number of nitriles is 2. The summed E-state index contributed by atoms with van der Waals surface area (Å²) in [6.45, 7) is 7.59. The van der Waals surface area contributed by atoms with Gasteiger partial charge in [0.05, 0.1) is 34.5 Å². The zero-order chi connectivity index (χ0) is 22.2. The Hall–Kier alpha value is -3.29. The third kappa shape index (κ3) is 3.53. The van der Waals surface area contributed by atoms with E-state index < -0.39 is 0 Å². The van der Waals surface area contributed by atoms with Gasteiger partial charge in [0.25, 0.3) is 0 Å². The Bertz CT molecular complexity index is 1200. The SMILES string of the molecule is COc1cc(C=C2C(C)=C(C#N)c3nc(N)c(C#N)c(C)c32)cc(Br)c1OC(C)C. The zero-order valence-corrected chi connectivity index (χ0v) is 19.0. The number of nitrogens with zero attached hydrogens (tertiary/aromatic N) is 3. The first kappa shape index (κ1) is 21.4. The normalized spacial score (nSPS) is 14.0. The molecule has 0 spiro atoms. The number of nitrogens with two attached hydrogens (primary N) is 1. The minimum Gasteiger partial charge on any atom is -0.493 e. The highest BCUT2D eigenvalue weighted by atomic mass is 79.9. The molecule has 0 fully saturated rings. The molecule has 0 amide bonds. The molecular weight excluding hydrogens is 444 g/mol. The standard InChI is InChI=1S/C23H21BrN4O2/c1-11(2)30-22-18(24)7-14(8-19(22)29-5)6-15-12(3)16(9-25)21-20(15)13(4)17(10-26)23(27)28-21/h6-8,11H,1-5H3,(H2,27,28). The van der Waals surface area contributed by atoms with E-state index in [9.17, 15) is 10.5 Å². The maximum absolute atomic E-state index is 9.70. The summed E-state index contributed by atoms with van der Waals surface area (Å²) in [6, 6.07) is 8.14. The van der Waals surface area contributed by atoms with Gasteiger partial charge in [0, 0.05) is 5.56 Å². The molecule has 0 saturated heterocycles. The lowest BCUT2D eigenvalue weighted by molar-refractivity contribution is 0.228. The van der Waals surface area contributed by atoms with Crippen LogP contribution in [0.1, 0.15) is 48.7 Å². The Kier molecular flexibility index (Phi) is 5.87. The van der Waals surface area contributed by atoms with Crippen molar-refractivity contribution >= 4 is 39.0 Å². The molecule has 30 heavy (non-hydrogen) atoms. The maximum atomic E-state index is 9.70. The van der Waals surface area contributed by atoms with Crippen molar-refractivity contribution in [3.8, 4) is 23.6 Å². The molecule has 1 aromatic carbocycles. The van der Waals surface area contributed by atoms with E-state index in [2.05, 4.69) is 33.1 Å². The monoisotopic (exact) mass is 464 g/mol. The van der Waals surface area contributed by atoms with Gasteiger partial charge in [-0.3, -0.25) is 0 Å². The molecule has 152 valence electrons. The molecule has 0 bridgehead atoms. The summed E-state index contributed by atoms with van der Waals surface area (Å²) in [4.78, 5) is 4.36. The first-order valence-corrected chi connectivity index (χ1v) is 10.1. The van der Waals surface area contributed by atoms with E-state index in [4.69, 9.17) is 15.2 Å². The highest BCUT2D eigenvalue weighted by molar-refractivity contribution is 9.10. The molecular formula is C23H21BrN4O2. The molecule has 0 aliphatic heterocycles. The number of hydrogen-bond acceptors (Lipinski definition) is 6. The van der Waals surface area contributed by atoms with Crippen LogP contribution in [0.15, 0.2) is 22.2 Å². The van der Waals surface area contributed by atoms with E-state index in [0.717, 1.165) is 26.7 Å². The van der Waals surface area contributed by atoms with Crippen LogP contribution in [-0.4, -0.2) is 18.2 Å². The van der Waals surface area contributed by atoms with Crippen LogP contribution in [0.25, 0.3) is 17.2 Å². The number of benzene rings is 1. The smallest absolute Gasteiger partial charge is 0.175 e. The van der Waals surface area contributed by atoms with Crippen molar-refractivity contribution in [3.63, 3.8) is 0 Å². The lowest BCUT2D eigenvalue weighted by atomic mass is 9.95. The highest BCUT2D eigenvalue weighted by Gasteiger charge is 2.29. The first-order chi connectivity index (χ1) is 14.2. The van der Waals surface area contributed by atoms with Crippen LogP contribution >= 0.6 is 15.9 Å². The topological polar surface area (TPSA) is 105 Å². The van der Waals surface area contributed by atoms with Gasteiger partial charge in [-0.05, 0) is 84.1 Å². The van der Waals surface area contributed by atoms with Crippen LogP contribution in [0.2, 0.25) is 0 Å². The van der Waals surface area contributed by atoms with E-state index in [1.54, 1.807) is 7.11 Å². The van der Waals surface area contributed by atoms with Crippen molar-refractivity contribution in [2.75, 3.05) is 12.8 Å². The fourth-order valence-corrected chi connectivity index (χ4v) is 4.09. The number of nitrogen functional groups attached to an aromatic ring is 1. The van der Waals surface area contributed by atoms with E-state index in [0.29, 0.717) is 33.9 Å². The molecule has 2 aromatic rings. The van der Waals surface area contributed by atoms with Crippen molar-refractivity contribution in [1.29, 1.82) is 10.5 Å². The predicted molar refractivity (Wildman–Crippen MR) is 121 cm³/mol. The van der Waals surface area contributed by atoms with E-state index >= 15 is 0 Å². The van der Waals surface area contributed by atoms with E-state index in [1.165, 1.54) is 0 Å². The Balaban J connectivity index is 2.25. The van der Waals surface area contributed by atoms with Crippen molar-refractivity contribution in [3.05, 3.63) is 50.1 Å². The molecule has 1 aliphatic rings. The Labute approximate surface area is 184 Å². The van der Waals surface area contributed by atoms with Crippen molar-refractivity contribution in [2.45, 2.75) is 33.8 Å². The summed E-state index contributed by atoms with van der Waals surface area (Å²) < 4.78 is 12.1. The molecule has 7 heteroatoms. The minimum atomic E-state index is -0.00642. The second-order valence-corrected chi connectivity index (χ2v) is 8.06. The molecule has 6 nitrogen and oxygen atoms in total. The fourth-order valence-electron chi connectivity index (χ4n) is 3.54. The van der Waals surface area contributed by atoms with Crippen molar-refractivity contribution in [2.24, 2.45) is 0 Å². The Morgan fingerprint density at radius 2 is 1.90 bits per heavy atom. The number of hydrogen-bond donors (Lipinski definition) is 1. The van der Waals surface area contributed by atoms with Gasteiger partial charge >= 0.3 is 0 Å². The van der Waals surface area contributed by atoms with Gasteiger partial charge in [-0.2, -0.15) is 10.5 Å². The third-order valence-electron chi connectivity index (χ3n) is 4.90. The summed E-state index contributed by atoms with van der Waals surface area (Å²) in [5.41, 5.74) is 11.2. The molecule has 2 N–H and O–H groups in total. The van der Waals surface area contributed by atoms with E-state index in [-0.39, 0.29) is 11.9 Å². The lowest BCUT2D eigenvalue weighted by Gasteiger charge is -2.16. The van der Waals surface area contributed by atoms with Gasteiger partial charge in [0.2, 0.25) is 0 Å². The van der Waals surface area contributed by atoms with Gasteiger partial charge < -0.3 is 15.2 Å². The average molecular weight is 465 g/mol. The van der Waals surface area contributed by atoms with Crippen molar-refractivity contribution in [1.82, 2.24) is 4.98 Å². The first-order valence-electron chi connectivity index (χ1n) is 9.31. The van der Waals surface area contributed by atoms with E-state index in [1.807, 2.05) is 45.9 Å². The average Bonchev–Trinajstić information content (AvgIpc) is 2.94. The molecule has 0 unspecified atom stereocenters. The number of anilines is 1. The van der Waals surface area contributed by atoms with Gasteiger partial charge in [-0.1, -0.05) is 0 Å². The quantitative estimate of drug-likeness (QED) is 0.661. The van der Waals surface area contributed by atoms with Crippen LogP contribution in [0.5, 0.6) is 11.5 Å².